The summed E-state index contributed by atoms with van der Waals surface area (Å²) in [5.74, 6) is -1.90. The monoisotopic (exact) mass is 269 g/mol. The van der Waals surface area contributed by atoms with Crippen LogP contribution in [0, 0.1) is 0 Å². The van der Waals surface area contributed by atoms with E-state index in [2.05, 4.69) is 5.16 Å². The molecule has 0 amide bonds. The van der Waals surface area contributed by atoms with Crippen molar-refractivity contribution in [1.29, 1.82) is 0 Å². The van der Waals surface area contributed by atoms with Gasteiger partial charge in [-0.05, 0) is 32.6 Å². The second-order valence-corrected chi connectivity index (χ2v) is 4.44. The molecule has 0 aromatic heterocycles. The Balaban J connectivity index is 2.21. The number of carboxylic acid groups (broad SMARTS) is 1. The van der Waals surface area contributed by atoms with Crippen LogP contribution >= 0.6 is 0 Å². The van der Waals surface area contributed by atoms with Crippen molar-refractivity contribution in [1.82, 2.24) is 0 Å². The number of carbonyl (C=O) groups is 2. The molecule has 0 heterocycles. The second-order valence-electron chi connectivity index (χ2n) is 4.44. The zero-order valence-electron chi connectivity index (χ0n) is 11.0. The van der Waals surface area contributed by atoms with Crippen LogP contribution in [0.25, 0.3) is 0 Å². The van der Waals surface area contributed by atoms with Crippen molar-refractivity contribution in [2.75, 3.05) is 6.61 Å². The average Bonchev–Trinajstić information content (AvgIpc) is 2.41. The molecule has 1 saturated carbocycles. The maximum Gasteiger partial charge on any atom is 0.331 e. The first-order chi connectivity index (χ1) is 9.08. The van der Waals surface area contributed by atoms with E-state index in [9.17, 15) is 9.59 Å². The Hall–Kier alpha value is -1.85. The molecule has 1 aliphatic carbocycles. The minimum Gasteiger partial charge on any atom is -0.478 e. The van der Waals surface area contributed by atoms with Gasteiger partial charge in [-0.2, -0.15) is 0 Å². The quantitative estimate of drug-likeness (QED) is 0.452. The number of rotatable bonds is 6. The number of aliphatic carboxylic acids is 1. The van der Waals surface area contributed by atoms with E-state index in [0.29, 0.717) is 0 Å². The fraction of sp³-hybridized carbons (Fsp3) is 0.615. The molecule has 1 rings (SSSR count). The minimum atomic E-state index is -1.19. The number of ether oxygens (including phenoxy) is 1. The molecule has 1 unspecified atom stereocenters. The molecule has 1 fully saturated rings. The molecular formula is C13H19NO5. The molecule has 0 spiro atoms. The SMILES string of the molecule is CC(COC(=O)/C=C\C(=O)O)ON=C1CCCCC1. The Bertz CT molecular complexity index is 367. The molecule has 19 heavy (non-hydrogen) atoms. The smallest absolute Gasteiger partial charge is 0.331 e. The molecule has 106 valence electrons. The van der Waals surface area contributed by atoms with Gasteiger partial charge in [-0.1, -0.05) is 11.6 Å². The van der Waals surface area contributed by atoms with Crippen LogP contribution in [-0.2, 0) is 19.2 Å². The third-order valence-electron chi connectivity index (χ3n) is 2.61. The summed E-state index contributed by atoms with van der Waals surface area (Å²) in [6, 6.07) is 0. The predicted molar refractivity (Wildman–Crippen MR) is 68.8 cm³/mol. The van der Waals surface area contributed by atoms with Crippen LogP contribution in [-0.4, -0.2) is 35.5 Å². The van der Waals surface area contributed by atoms with Gasteiger partial charge in [0, 0.05) is 12.2 Å². The first-order valence-electron chi connectivity index (χ1n) is 6.37. The van der Waals surface area contributed by atoms with Crippen LogP contribution in [0.15, 0.2) is 17.3 Å². The number of esters is 1. The maximum absolute atomic E-state index is 11.1. The van der Waals surface area contributed by atoms with Crippen LogP contribution in [0.3, 0.4) is 0 Å². The number of carboxylic acids is 1. The lowest BCUT2D eigenvalue weighted by molar-refractivity contribution is -0.142. The summed E-state index contributed by atoms with van der Waals surface area (Å²) in [4.78, 5) is 26.5. The average molecular weight is 269 g/mol. The zero-order valence-corrected chi connectivity index (χ0v) is 11.0. The van der Waals surface area contributed by atoms with E-state index >= 15 is 0 Å². The highest BCUT2D eigenvalue weighted by Crippen LogP contribution is 2.15. The molecule has 6 heteroatoms. The Kier molecular flexibility index (Phi) is 6.63. The van der Waals surface area contributed by atoms with Gasteiger partial charge in [0.2, 0.25) is 0 Å². The van der Waals surface area contributed by atoms with E-state index in [0.717, 1.165) is 43.5 Å². The van der Waals surface area contributed by atoms with Gasteiger partial charge in [0.05, 0.1) is 5.71 Å². The molecule has 1 atom stereocenters. The Morgan fingerprint density at radius 1 is 1.32 bits per heavy atom. The van der Waals surface area contributed by atoms with E-state index < -0.39 is 11.9 Å². The van der Waals surface area contributed by atoms with E-state index in [1.807, 2.05) is 0 Å². The van der Waals surface area contributed by atoms with Crippen molar-refractivity contribution in [3.05, 3.63) is 12.2 Å². The largest absolute Gasteiger partial charge is 0.478 e. The van der Waals surface area contributed by atoms with Crippen LogP contribution in [0.1, 0.15) is 39.0 Å². The van der Waals surface area contributed by atoms with Crippen molar-refractivity contribution >= 4 is 17.7 Å². The number of nitrogens with zero attached hydrogens (tertiary/aromatic N) is 1. The zero-order chi connectivity index (χ0) is 14.1. The summed E-state index contributed by atoms with van der Waals surface area (Å²) in [6.07, 6.45) is 6.70. The molecule has 0 aliphatic heterocycles. The second kappa shape index (κ2) is 8.29. The number of carbonyl (C=O) groups excluding carboxylic acids is 1. The molecule has 0 radical (unpaired) electrons. The van der Waals surface area contributed by atoms with Crippen molar-refractivity contribution in [2.24, 2.45) is 5.16 Å². The highest BCUT2D eigenvalue weighted by atomic mass is 16.7. The topological polar surface area (TPSA) is 85.2 Å². The van der Waals surface area contributed by atoms with Gasteiger partial charge in [0.1, 0.15) is 6.61 Å². The lowest BCUT2D eigenvalue weighted by atomic mass is 9.99. The van der Waals surface area contributed by atoms with Crippen molar-refractivity contribution < 1.29 is 24.3 Å². The Labute approximate surface area is 112 Å². The lowest BCUT2D eigenvalue weighted by Crippen LogP contribution is -2.17. The highest BCUT2D eigenvalue weighted by molar-refractivity contribution is 5.90. The van der Waals surface area contributed by atoms with E-state index in [4.69, 9.17) is 14.7 Å². The number of hydrogen-bond acceptors (Lipinski definition) is 5. The summed E-state index contributed by atoms with van der Waals surface area (Å²) in [5.41, 5.74) is 1.05. The van der Waals surface area contributed by atoms with Crippen LogP contribution < -0.4 is 0 Å². The van der Waals surface area contributed by atoms with Crippen LogP contribution in [0.5, 0.6) is 0 Å². The van der Waals surface area contributed by atoms with Gasteiger partial charge in [0.15, 0.2) is 6.10 Å². The molecule has 0 bridgehead atoms. The van der Waals surface area contributed by atoms with Crippen LogP contribution in [0.4, 0.5) is 0 Å². The number of oxime groups is 1. The first kappa shape index (κ1) is 15.2. The molecular weight excluding hydrogens is 250 g/mol. The molecule has 6 nitrogen and oxygen atoms in total. The minimum absolute atomic E-state index is 0.0412. The summed E-state index contributed by atoms with van der Waals surface area (Å²) in [6.45, 7) is 1.78. The summed E-state index contributed by atoms with van der Waals surface area (Å²) in [7, 11) is 0. The van der Waals surface area contributed by atoms with Crippen molar-refractivity contribution in [3.8, 4) is 0 Å². The van der Waals surface area contributed by atoms with Crippen molar-refractivity contribution in [3.63, 3.8) is 0 Å². The summed E-state index contributed by atoms with van der Waals surface area (Å²) < 4.78 is 4.81. The van der Waals surface area contributed by atoms with E-state index in [-0.39, 0.29) is 12.7 Å². The van der Waals surface area contributed by atoms with Gasteiger partial charge < -0.3 is 14.7 Å². The molecule has 1 aliphatic rings. The molecule has 0 saturated heterocycles. The normalized spacial score (nSPS) is 17.0. The molecule has 0 aromatic rings. The number of hydrogen-bond donors (Lipinski definition) is 1. The molecule has 1 N–H and O–H groups in total. The lowest BCUT2D eigenvalue weighted by Gasteiger charge is -2.14. The van der Waals surface area contributed by atoms with Gasteiger partial charge in [0.25, 0.3) is 0 Å². The van der Waals surface area contributed by atoms with Crippen LogP contribution in [0.2, 0.25) is 0 Å². The predicted octanol–water partition coefficient (Wildman–Crippen LogP) is 1.90. The van der Waals surface area contributed by atoms with E-state index in [1.54, 1.807) is 6.92 Å². The summed E-state index contributed by atoms with van der Waals surface area (Å²) in [5, 5.41) is 12.4. The molecule has 0 aromatic carbocycles. The first-order valence-corrected chi connectivity index (χ1v) is 6.37. The fourth-order valence-corrected chi connectivity index (χ4v) is 1.63. The fourth-order valence-electron chi connectivity index (χ4n) is 1.63. The van der Waals surface area contributed by atoms with Gasteiger partial charge in [-0.25, -0.2) is 9.59 Å². The Morgan fingerprint density at radius 3 is 2.63 bits per heavy atom. The van der Waals surface area contributed by atoms with Gasteiger partial charge >= 0.3 is 11.9 Å². The highest BCUT2D eigenvalue weighted by Gasteiger charge is 2.10. The van der Waals surface area contributed by atoms with Crippen molar-refractivity contribution in [2.45, 2.75) is 45.1 Å². The third kappa shape index (κ3) is 7.23. The standard InChI is InChI=1S/C13H19NO5/c1-10(9-18-13(17)8-7-12(15)16)19-14-11-5-3-2-4-6-11/h7-8,10H,2-6,9H2,1H3,(H,15,16)/b8-7-. The summed E-state index contributed by atoms with van der Waals surface area (Å²) >= 11 is 0. The maximum atomic E-state index is 11.1. The Morgan fingerprint density at radius 2 is 2.00 bits per heavy atom. The van der Waals surface area contributed by atoms with Gasteiger partial charge in [-0.3, -0.25) is 0 Å². The van der Waals surface area contributed by atoms with E-state index in [1.165, 1.54) is 6.42 Å². The third-order valence-corrected chi connectivity index (χ3v) is 2.61. The van der Waals surface area contributed by atoms with Gasteiger partial charge in [-0.15, -0.1) is 0 Å².